The number of rotatable bonds is 1. The Bertz CT molecular complexity index is 90.6. The predicted octanol–water partition coefficient (Wildman–Crippen LogP) is 6.32. The van der Waals surface area contributed by atoms with Crippen molar-refractivity contribution in [1.29, 1.82) is 0 Å². The van der Waals surface area contributed by atoms with Gasteiger partial charge in [-0.1, -0.05) is 67.5 Å². The van der Waals surface area contributed by atoms with E-state index in [1.165, 1.54) is 19.3 Å². The summed E-state index contributed by atoms with van der Waals surface area (Å²) in [6.45, 7) is 13.0. The van der Waals surface area contributed by atoms with Crippen LogP contribution in [0.1, 0.15) is 75.7 Å². The average Bonchev–Trinajstić information content (AvgIpc) is 2.80. The Morgan fingerprint density at radius 1 is 0.867 bits per heavy atom. The fraction of sp³-hybridized carbons (Fsp3) is 0.867. The fourth-order valence-corrected chi connectivity index (χ4v) is 0.508. The van der Waals surface area contributed by atoms with Crippen LogP contribution in [0.5, 0.6) is 0 Å². The van der Waals surface area contributed by atoms with Gasteiger partial charge in [-0.2, -0.15) is 0 Å². The third-order valence-electron chi connectivity index (χ3n) is 2.35. The second-order valence-electron chi connectivity index (χ2n) is 3.86. The summed E-state index contributed by atoms with van der Waals surface area (Å²) in [6.07, 6.45) is 8.11. The first kappa shape index (κ1) is 24.1. The average molecular weight is 216 g/mol. The predicted molar refractivity (Wildman–Crippen MR) is 77.5 cm³/mol. The highest BCUT2D eigenvalue weighted by molar-refractivity contribution is 4.76. The molecular weight excluding hydrogens is 180 g/mol. The standard InChI is InChI=1S/C5H10.C4H10.C4H8.2CH4/c1-4-3-5(4)2;2*1-3-4-2;;/h4-5H,3H2,1-2H3;3-4H2,1-2H3;3-4H,1-2H3;2*1H4. The maximum atomic E-state index is 2.30. The van der Waals surface area contributed by atoms with Gasteiger partial charge in [-0.05, 0) is 32.1 Å². The van der Waals surface area contributed by atoms with E-state index in [1.54, 1.807) is 0 Å². The first-order valence-electron chi connectivity index (χ1n) is 5.71. The Morgan fingerprint density at radius 2 is 1.07 bits per heavy atom. The van der Waals surface area contributed by atoms with Gasteiger partial charge in [-0.15, -0.1) is 0 Å². The van der Waals surface area contributed by atoms with Crippen LogP contribution in [-0.4, -0.2) is 0 Å². The molecule has 0 amide bonds. The van der Waals surface area contributed by atoms with Gasteiger partial charge in [0.05, 0.1) is 0 Å². The van der Waals surface area contributed by atoms with Crippen molar-refractivity contribution in [3.63, 3.8) is 0 Å². The van der Waals surface area contributed by atoms with Crippen LogP contribution < -0.4 is 0 Å². The SMILES string of the molecule is C.C.CC1CC1C.CC=CC.CCCC. The monoisotopic (exact) mass is 216 g/mol. The van der Waals surface area contributed by atoms with Gasteiger partial charge in [0.15, 0.2) is 0 Å². The molecule has 2 atom stereocenters. The highest BCUT2D eigenvalue weighted by Crippen LogP contribution is 2.36. The molecule has 1 fully saturated rings. The topological polar surface area (TPSA) is 0 Å². The quantitative estimate of drug-likeness (QED) is 0.450. The summed E-state index contributed by atoms with van der Waals surface area (Å²) in [5.41, 5.74) is 0. The minimum atomic E-state index is 0. The van der Waals surface area contributed by atoms with Crippen molar-refractivity contribution < 1.29 is 0 Å². The molecule has 96 valence electrons. The Balaban J connectivity index is -0.0000000575. The Hall–Kier alpha value is -0.260. The summed E-state index contributed by atoms with van der Waals surface area (Å²) in [5.74, 6) is 2.10. The summed E-state index contributed by atoms with van der Waals surface area (Å²) in [6, 6.07) is 0. The molecule has 0 radical (unpaired) electrons. The zero-order chi connectivity index (χ0) is 10.7. The first-order chi connectivity index (χ1) is 6.13. The van der Waals surface area contributed by atoms with Gasteiger partial charge >= 0.3 is 0 Å². The van der Waals surface area contributed by atoms with Crippen molar-refractivity contribution in [3.8, 4) is 0 Å². The van der Waals surface area contributed by atoms with Gasteiger partial charge in [0.2, 0.25) is 0 Å². The molecule has 0 saturated heterocycles. The van der Waals surface area contributed by atoms with Crippen molar-refractivity contribution in [2.45, 2.75) is 75.7 Å². The summed E-state index contributed by atoms with van der Waals surface area (Å²) in [7, 11) is 0. The summed E-state index contributed by atoms with van der Waals surface area (Å²) in [5, 5.41) is 0. The van der Waals surface area contributed by atoms with E-state index >= 15 is 0 Å². The lowest BCUT2D eigenvalue weighted by molar-refractivity contribution is 0.834. The summed E-state index contributed by atoms with van der Waals surface area (Å²) in [4.78, 5) is 0. The van der Waals surface area contributed by atoms with E-state index < -0.39 is 0 Å². The van der Waals surface area contributed by atoms with Crippen LogP contribution in [0.3, 0.4) is 0 Å². The molecule has 1 rings (SSSR count). The largest absolute Gasteiger partial charge is 0.0919 e. The molecule has 1 saturated carbocycles. The third kappa shape index (κ3) is 31.6. The molecule has 0 aliphatic heterocycles. The molecule has 0 heteroatoms. The van der Waals surface area contributed by atoms with Crippen molar-refractivity contribution >= 4 is 0 Å². The smallest absolute Gasteiger partial charge is 0.0414 e. The van der Waals surface area contributed by atoms with E-state index in [-0.39, 0.29) is 14.9 Å². The first-order valence-corrected chi connectivity index (χ1v) is 5.71. The lowest BCUT2D eigenvalue weighted by Crippen LogP contribution is -1.58. The van der Waals surface area contributed by atoms with Gasteiger partial charge in [0, 0.05) is 0 Å². The maximum absolute atomic E-state index is 2.30. The molecule has 0 N–H and O–H groups in total. The number of unbranched alkanes of at least 4 members (excludes halogenated alkanes) is 1. The molecule has 0 aromatic heterocycles. The van der Waals surface area contributed by atoms with E-state index in [0.717, 1.165) is 11.8 Å². The van der Waals surface area contributed by atoms with E-state index in [0.29, 0.717) is 0 Å². The molecule has 0 nitrogen and oxygen atoms in total. The second-order valence-corrected chi connectivity index (χ2v) is 3.86. The van der Waals surface area contributed by atoms with Gasteiger partial charge in [0.25, 0.3) is 0 Å². The lowest BCUT2D eigenvalue weighted by atomic mass is 10.4. The molecule has 0 aromatic rings. The third-order valence-corrected chi connectivity index (χ3v) is 2.35. The molecule has 2 unspecified atom stereocenters. The van der Waals surface area contributed by atoms with Crippen LogP contribution in [-0.2, 0) is 0 Å². The van der Waals surface area contributed by atoms with Gasteiger partial charge in [-0.25, -0.2) is 0 Å². The minimum absolute atomic E-state index is 0. The molecular formula is C15H36. The number of hydrogen-bond donors (Lipinski definition) is 0. The van der Waals surface area contributed by atoms with Crippen molar-refractivity contribution in [2.75, 3.05) is 0 Å². The van der Waals surface area contributed by atoms with E-state index in [9.17, 15) is 0 Å². The zero-order valence-corrected chi connectivity index (χ0v) is 10.4. The molecule has 1 aliphatic carbocycles. The summed E-state index contributed by atoms with van der Waals surface area (Å²) >= 11 is 0. The maximum Gasteiger partial charge on any atom is -0.0414 e. The number of hydrogen-bond acceptors (Lipinski definition) is 0. The Labute approximate surface area is 100 Å². The van der Waals surface area contributed by atoms with Crippen molar-refractivity contribution in [2.24, 2.45) is 11.8 Å². The van der Waals surface area contributed by atoms with E-state index in [1.807, 2.05) is 26.0 Å². The molecule has 1 aliphatic rings. The van der Waals surface area contributed by atoms with E-state index in [4.69, 9.17) is 0 Å². The van der Waals surface area contributed by atoms with Crippen LogP contribution in [0.15, 0.2) is 12.2 Å². The van der Waals surface area contributed by atoms with Crippen LogP contribution in [0.25, 0.3) is 0 Å². The Morgan fingerprint density at radius 3 is 1.07 bits per heavy atom. The van der Waals surface area contributed by atoms with Crippen molar-refractivity contribution in [3.05, 3.63) is 12.2 Å². The van der Waals surface area contributed by atoms with Gasteiger partial charge < -0.3 is 0 Å². The Kier molecular flexibility index (Phi) is 31.1. The highest BCUT2D eigenvalue weighted by Gasteiger charge is 2.26. The zero-order valence-electron chi connectivity index (χ0n) is 10.4. The molecule has 0 bridgehead atoms. The van der Waals surface area contributed by atoms with Crippen LogP contribution in [0, 0.1) is 11.8 Å². The van der Waals surface area contributed by atoms with Crippen LogP contribution in [0.4, 0.5) is 0 Å². The van der Waals surface area contributed by atoms with Gasteiger partial charge in [0.1, 0.15) is 0 Å². The molecule has 15 heavy (non-hydrogen) atoms. The molecule has 0 heterocycles. The lowest BCUT2D eigenvalue weighted by Gasteiger charge is -1.68. The molecule has 0 aromatic carbocycles. The second kappa shape index (κ2) is 19.3. The van der Waals surface area contributed by atoms with Crippen LogP contribution in [0.2, 0.25) is 0 Å². The summed E-state index contributed by atoms with van der Waals surface area (Å²) < 4.78 is 0. The van der Waals surface area contributed by atoms with Crippen LogP contribution >= 0.6 is 0 Å². The normalized spacial score (nSPS) is 20.9. The molecule has 0 spiro atoms. The minimum Gasteiger partial charge on any atom is -0.0919 e. The number of allylic oxidation sites excluding steroid dienone is 2. The fourth-order valence-electron chi connectivity index (χ4n) is 0.508. The van der Waals surface area contributed by atoms with Gasteiger partial charge in [-0.3, -0.25) is 0 Å². The van der Waals surface area contributed by atoms with E-state index in [2.05, 4.69) is 27.7 Å². The highest BCUT2D eigenvalue weighted by atomic mass is 14.3. The van der Waals surface area contributed by atoms with Crippen molar-refractivity contribution in [1.82, 2.24) is 0 Å².